The summed E-state index contributed by atoms with van der Waals surface area (Å²) in [5, 5.41) is 18.9. The van der Waals surface area contributed by atoms with E-state index in [2.05, 4.69) is 30.4 Å². The van der Waals surface area contributed by atoms with Crippen molar-refractivity contribution < 1.29 is 35.4 Å². The van der Waals surface area contributed by atoms with Gasteiger partial charge in [-0.3, -0.25) is 9.98 Å². The number of piperidine rings is 2. The van der Waals surface area contributed by atoms with E-state index in [-0.39, 0.29) is 36.8 Å². The van der Waals surface area contributed by atoms with Gasteiger partial charge in [-0.15, -0.1) is 29.0 Å². The van der Waals surface area contributed by atoms with Crippen molar-refractivity contribution in [2.24, 2.45) is 43.7 Å². The molecule has 284 valence electrons. The number of aromatic nitrogens is 4. The van der Waals surface area contributed by atoms with Gasteiger partial charge in [0.05, 0.1) is 36.0 Å². The molecule has 6 heterocycles. The summed E-state index contributed by atoms with van der Waals surface area (Å²) >= 11 is 0. The molecule has 53 heavy (non-hydrogen) atoms. The standard InChI is InChI=1S/C30H40N14O8S/c31-23(32)35-13-29(5-6-29)21-39-37-19(49-21)15-9-27(1-2-27)17-11-41(15)25(45)43(17)51-53(47,48)52-44-18-12-42(26(44)46)16(10-28(18)3-4-28)20-38-40-22(50-20)30(7-8-30)14-36-24(33)34/h15-18H,1-14H2,(H4,31,32,35)(H4,33,34,36)/t15-,16-,17-,18-/m0/s1. The lowest BCUT2D eigenvalue weighted by atomic mass is 9.85. The zero-order valence-electron chi connectivity index (χ0n) is 28.7. The molecule has 4 saturated heterocycles. The van der Waals surface area contributed by atoms with E-state index in [4.69, 9.17) is 40.3 Å². The van der Waals surface area contributed by atoms with E-state index in [0.717, 1.165) is 61.5 Å². The fourth-order valence-corrected chi connectivity index (χ4v) is 9.67. The summed E-state index contributed by atoms with van der Waals surface area (Å²) in [4.78, 5) is 38.9. The summed E-state index contributed by atoms with van der Waals surface area (Å²) in [7, 11) is -4.95. The summed E-state index contributed by atoms with van der Waals surface area (Å²) in [5.41, 5.74) is 20.4. The van der Waals surface area contributed by atoms with Crippen LogP contribution in [0.2, 0.25) is 0 Å². The normalized spacial score (nSPS) is 30.3. The molecule has 4 aliphatic carbocycles. The minimum Gasteiger partial charge on any atom is -0.422 e. The van der Waals surface area contributed by atoms with Crippen LogP contribution in [0.5, 0.6) is 0 Å². The minimum absolute atomic E-state index is 0.0286. The van der Waals surface area contributed by atoms with Gasteiger partial charge in [0.25, 0.3) is 0 Å². The SMILES string of the molecule is NC(N)=NCC1(c2nnc([C@@H]3CC4(CC4)[C@@H]4CN3C(=O)N4OS(=O)(=O)ON3C(=O)N4C[C@H]3C3(CC3)C[C@H]4c3nnc(C4(CN=C(N)N)CC4)o3)o2)CC1. The summed E-state index contributed by atoms with van der Waals surface area (Å²) < 4.78 is 50.5. The van der Waals surface area contributed by atoms with Gasteiger partial charge in [-0.1, -0.05) is 0 Å². The molecule has 8 fully saturated rings. The fourth-order valence-electron chi connectivity index (χ4n) is 8.91. The Kier molecular flexibility index (Phi) is 6.62. The highest BCUT2D eigenvalue weighted by molar-refractivity contribution is 7.81. The van der Waals surface area contributed by atoms with Crippen molar-refractivity contribution in [3.63, 3.8) is 0 Å². The Morgan fingerprint density at radius 2 is 1.08 bits per heavy atom. The lowest BCUT2D eigenvalue weighted by Gasteiger charge is -2.35. The van der Waals surface area contributed by atoms with Crippen LogP contribution in [0.25, 0.3) is 0 Å². The predicted molar refractivity (Wildman–Crippen MR) is 176 cm³/mol. The van der Waals surface area contributed by atoms with E-state index in [1.165, 1.54) is 9.80 Å². The number of rotatable bonds is 12. The maximum absolute atomic E-state index is 13.8. The Morgan fingerprint density at radius 3 is 1.42 bits per heavy atom. The van der Waals surface area contributed by atoms with Crippen LogP contribution in [0.1, 0.15) is 99.9 Å². The van der Waals surface area contributed by atoms with Crippen LogP contribution >= 0.6 is 0 Å². The zero-order chi connectivity index (χ0) is 36.7. The lowest BCUT2D eigenvalue weighted by Crippen LogP contribution is -2.45. The van der Waals surface area contributed by atoms with E-state index >= 15 is 0 Å². The number of aliphatic imine (C=N–C) groups is 2. The smallest absolute Gasteiger partial charge is 0.422 e. The fraction of sp³-hybridized carbons (Fsp3) is 0.733. The number of amides is 4. The summed E-state index contributed by atoms with van der Waals surface area (Å²) in [6.45, 7) is 1.02. The van der Waals surface area contributed by atoms with Gasteiger partial charge in [-0.2, -0.15) is 18.5 Å². The second-order valence-electron chi connectivity index (χ2n) is 16.2. The molecule has 2 aromatic rings. The van der Waals surface area contributed by atoms with Crippen molar-refractivity contribution in [1.82, 2.24) is 40.3 Å². The highest BCUT2D eigenvalue weighted by atomic mass is 32.3. The number of carbonyl (C=O) groups excluding carboxylic acids is 2. The molecule has 8 aliphatic rings. The average Bonchev–Trinajstić information content (AvgIpc) is 4.09. The number of guanidine groups is 2. The van der Waals surface area contributed by atoms with E-state index in [0.29, 0.717) is 37.7 Å². The van der Waals surface area contributed by atoms with Gasteiger partial charge in [0.2, 0.25) is 23.6 Å². The molecule has 2 spiro atoms. The van der Waals surface area contributed by atoms with Crippen molar-refractivity contribution >= 4 is 34.4 Å². The number of hydroxylamine groups is 4. The van der Waals surface area contributed by atoms with Crippen LogP contribution in [-0.2, 0) is 29.8 Å². The number of nitrogens with two attached hydrogens (primary N) is 4. The van der Waals surface area contributed by atoms with Crippen LogP contribution < -0.4 is 22.9 Å². The third-order valence-electron chi connectivity index (χ3n) is 12.9. The summed E-state index contributed by atoms with van der Waals surface area (Å²) in [5.74, 6) is 1.27. The van der Waals surface area contributed by atoms with Gasteiger partial charge in [-0.05, 0) is 75.0 Å². The van der Waals surface area contributed by atoms with Crippen molar-refractivity contribution in [3.8, 4) is 0 Å². The van der Waals surface area contributed by atoms with E-state index in [1.54, 1.807) is 0 Å². The molecule has 0 unspecified atom stereocenters. The summed E-state index contributed by atoms with van der Waals surface area (Å²) in [6, 6.07) is -3.63. The van der Waals surface area contributed by atoms with Crippen LogP contribution in [0, 0.1) is 10.8 Å². The maximum Gasteiger partial charge on any atom is 0.442 e. The number of urea groups is 2. The van der Waals surface area contributed by atoms with Crippen LogP contribution in [0.4, 0.5) is 9.59 Å². The third kappa shape index (κ3) is 5.13. The largest absolute Gasteiger partial charge is 0.442 e. The van der Waals surface area contributed by atoms with Crippen LogP contribution in [-0.4, -0.2) is 111 Å². The molecule has 4 aliphatic heterocycles. The van der Waals surface area contributed by atoms with Gasteiger partial charge in [-0.25, -0.2) is 9.59 Å². The van der Waals surface area contributed by atoms with Crippen LogP contribution in [0.15, 0.2) is 18.8 Å². The van der Waals surface area contributed by atoms with Gasteiger partial charge in [0, 0.05) is 13.1 Å². The second kappa shape index (κ2) is 10.7. The van der Waals surface area contributed by atoms with Gasteiger partial charge in [0.1, 0.15) is 12.1 Å². The highest BCUT2D eigenvalue weighted by Gasteiger charge is 2.67. The molecular weight excluding hydrogens is 716 g/mol. The van der Waals surface area contributed by atoms with Crippen molar-refractivity contribution in [2.45, 2.75) is 99.2 Å². The molecule has 22 nitrogen and oxygen atoms in total. The quantitative estimate of drug-likeness (QED) is 0.157. The zero-order valence-corrected chi connectivity index (χ0v) is 29.5. The molecule has 4 bridgehead atoms. The number of nitrogens with zero attached hydrogens (tertiary/aromatic N) is 10. The minimum atomic E-state index is -4.95. The van der Waals surface area contributed by atoms with Gasteiger partial charge >= 0.3 is 22.5 Å². The van der Waals surface area contributed by atoms with E-state index in [9.17, 15) is 18.0 Å². The highest BCUT2D eigenvalue weighted by Crippen LogP contribution is 2.64. The first-order chi connectivity index (χ1) is 25.3. The maximum atomic E-state index is 13.8. The predicted octanol–water partition coefficient (Wildman–Crippen LogP) is -0.467. The molecule has 4 amide bonds. The summed E-state index contributed by atoms with van der Waals surface area (Å²) in [6.07, 6.45) is 7.13. The van der Waals surface area contributed by atoms with Gasteiger partial charge < -0.3 is 41.6 Å². The Balaban J connectivity index is 0.847. The van der Waals surface area contributed by atoms with Crippen molar-refractivity contribution in [2.75, 3.05) is 26.2 Å². The topological polar surface area (TPSA) is 306 Å². The molecular formula is C30H40N14O8S. The Hall–Kier alpha value is -4.77. The Labute approximate surface area is 302 Å². The number of carbonyl (C=O) groups is 2. The number of fused-ring (bicyclic) bond motifs is 6. The molecule has 2 aromatic heterocycles. The van der Waals surface area contributed by atoms with E-state index in [1.807, 2.05) is 0 Å². The molecule has 0 radical (unpaired) electrons. The van der Waals surface area contributed by atoms with Crippen molar-refractivity contribution in [1.29, 1.82) is 0 Å². The number of hydrogen-bond donors (Lipinski definition) is 4. The molecule has 10 rings (SSSR count). The van der Waals surface area contributed by atoms with E-state index < -0.39 is 68.3 Å². The molecule has 8 N–H and O–H groups in total. The Morgan fingerprint density at radius 1 is 0.679 bits per heavy atom. The van der Waals surface area contributed by atoms with Crippen LogP contribution in [0.3, 0.4) is 0 Å². The van der Waals surface area contributed by atoms with Crippen molar-refractivity contribution in [3.05, 3.63) is 23.6 Å². The monoisotopic (exact) mass is 756 g/mol. The van der Waals surface area contributed by atoms with Gasteiger partial charge in [0.15, 0.2) is 11.9 Å². The number of hydrogen-bond acceptors (Lipinski definition) is 14. The molecule has 4 saturated carbocycles. The molecule has 23 heteroatoms. The average molecular weight is 757 g/mol. The third-order valence-corrected chi connectivity index (χ3v) is 13.5. The first-order valence-corrected chi connectivity index (χ1v) is 19.2. The molecule has 4 atom stereocenters. The first kappa shape index (κ1) is 32.8. The Bertz CT molecular complexity index is 1920. The first-order valence-electron chi connectivity index (χ1n) is 17.9. The second-order valence-corrected chi connectivity index (χ2v) is 17.3. The lowest BCUT2D eigenvalue weighted by molar-refractivity contribution is -0.101. The molecule has 0 aromatic carbocycles.